The van der Waals surface area contributed by atoms with Crippen LogP contribution in [0, 0.1) is 13.8 Å². The van der Waals surface area contributed by atoms with E-state index in [9.17, 15) is 18.3 Å². The smallest absolute Gasteiger partial charge is 0.238 e. The third-order valence-corrected chi connectivity index (χ3v) is 6.67. The molecule has 0 bridgehead atoms. The molecule has 4 N–H and O–H groups in total. The maximum Gasteiger partial charge on any atom is 0.238 e. The van der Waals surface area contributed by atoms with Crippen LogP contribution >= 0.6 is 0 Å². The van der Waals surface area contributed by atoms with E-state index in [1.54, 1.807) is 0 Å². The Balaban J connectivity index is 1.63. The second-order valence-electron chi connectivity index (χ2n) is 6.68. The number of sulfone groups is 1. The van der Waals surface area contributed by atoms with E-state index in [1.807, 2.05) is 26.0 Å². The molecule has 0 spiro atoms. The van der Waals surface area contributed by atoms with Crippen LogP contribution in [-0.4, -0.2) is 43.0 Å². The molecule has 1 aromatic carbocycles. The van der Waals surface area contributed by atoms with Crippen molar-refractivity contribution in [1.82, 2.24) is 16.2 Å². The van der Waals surface area contributed by atoms with Crippen molar-refractivity contribution in [3.8, 4) is 5.75 Å². The van der Waals surface area contributed by atoms with Crippen molar-refractivity contribution in [3.05, 3.63) is 28.8 Å². The minimum Gasteiger partial charge on any atom is -0.507 e. The number of nitrogens with one attached hydrogen (secondary N) is 3. The van der Waals surface area contributed by atoms with Crippen molar-refractivity contribution >= 4 is 15.7 Å². The lowest BCUT2D eigenvalue weighted by molar-refractivity contribution is -0.123. The predicted molar refractivity (Wildman–Crippen MR) is 90.2 cm³/mol. The third-order valence-electron chi connectivity index (χ3n) is 4.91. The first-order valence-electron chi connectivity index (χ1n) is 8.08. The van der Waals surface area contributed by atoms with Gasteiger partial charge in [0.05, 0.1) is 17.5 Å². The van der Waals surface area contributed by atoms with E-state index >= 15 is 0 Å². The summed E-state index contributed by atoms with van der Waals surface area (Å²) in [5.74, 6) is 0.181. The average molecular weight is 353 g/mol. The summed E-state index contributed by atoms with van der Waals surface area (Å²) < 4.78 is 22.9. The van der Waals surface area contributed by atoms with Crippen molar-refractivity contribution in [2.75, 3.05) is 11.5 Å². The van der Waals surface area contributed by atoms with Crippen LogP contribution in [0.3, 0.4) is 0 Å². The molecular formula is C16H23N3O4S. The summed E-state index contributed by atoms with van der Waals surface area (Å²) in [5, 5.41) is 13.1. The molecule has 2 aliphatic heterocycles. The molecule has 1 aromatic rings. The van der Waals surface area contributed by atoms with Gasteiger partial charge >= 0.3 is 0 Å². The molecule has 3 unspecified atom stereocenters. The average Bonchev–Trinajstić information content (AvgIpc) is 3.12. The lowest BCUT2D eigenvalue weighted by Gasteiger charge is -2.16. The fraction of sp³-hybridized carbons (Fsp3) is 0.562. The Morgan fingerprint density at radius 1 is 1.29 bits per heavy atom. The number of carbonyl (C=O) groups excluding carboxylic acids is 1. The zero-order chi connectivity index (χ0) is 17.5. The quantitative estimate of drug-likeness (QED) is 0.619. The minimum atomic E-state index is -3.02. The molecule has 7 nitrogen and oxygen atoms in total. The molecule has 0 radical (unpaired) electrons. The van der Waals surface area contributed by atoms with Gasteiger partial charge < -0.3 is 10.4 Å². The fourth-order valence-electron chi connectivity index (χ4n) is 3.25. The number of carbonyl (C=O) groups is 1. The summed E-state index contributed by atoms with van der Waals surface area (Å²) in [4.78, 5) is 12.3. The number of hydrogen-bond donors (Lipinski definition) is 4. The van der Waals surface area contributed by atoms with Gasteiger partial charge in [-0.1, -0.05) is 12.1 Å². The van der Waals surface area contributed by atoms with Crippen LogP contribution < -0.4 is 16.2 Å². The maximum absolute atomic E-state index is 12.3. The third kappa shape index (κ3) is 3.40. The Hall–Kier alpha value is -1.64. The van der Waals surface area contributed by atoms with Crippen molar-refractivity contribution in [3.63, 3.8) is 0 Å². The van der Waals surface area contributed by atoms with Gasteiger partial charge in [-0.2, -0.15) is 0 Å². The summed E-state index contributed by atoms with van der Waals surface area (Å²) in [6.45, 7) is 3.80. The van der Waals surface area contributed by atoms with Gasteiger partial charge in [-0.25, -0.2) is 19.3 Å². The van der Waals surface area contributed by atoms with E-state index in [1.165, 1.54) is 0 Å². The highest BCUT2D eigenvalue weighted by Gasteiger charge is 2.35. The standard InChI is InChI=1S/C16H23N3O4S/c1-9-3-4-12(15(20)10(9)2)13-7-14(19-18-13)16(21)17-11-5-6-24(22,23)8-11/h3-4,11,13-14,18-20H,5-8H2,1-2H3,(H,17,21). The van der Waals surface area contributed by atoms with Gasteiger partial charge in [0.1, 0.15) is 11.8 Å². The zero-order valence-corrected chi connectivity index (χ0v) is 14.6. The second-order valence-corrected chi connectivity index (χ2v) is 8.91. The lowest BCUT2D eigenvalue weighted by atomic mass is 9.96. The number of phenolic OH excluding ortho intramolecular Hbond substituents is 1. The Morgan fingerprint density at radius 3 is 2.71 bits per heavy atom. The van der Waals surface area contributed by atoms with Gasteiger partial charge in [0.15, 0.2) is 9.84 Å². The first-order chi connectivity index (χ1) is 11.3. The Morgan fingerprint density at radius 2 is 2.04 bits per heavy atom. The van der Waals surface area contributed by atoms with E-state index in [0.29, 0.717) is 12.8 Å². The van der Waals surface area contributed by atoms with Crippen LogP contribution in [0.15, 0.2) is 12.1 Å². The molecule has 3 atom stereocenters. The largest absolute Gasteiger partial charge is 0.507 e. The van der Waals surface area contributed by atoms with Crippen molar-refractivity contribution in [1.29, 1.82) is 0 Å². The molecule has 132 valence electrons. The number of benzene rings is 1. The van der Waals surface area contributed by atoms with Crippen molar-refractivity contribution < 1.29 is 18.3 Å². The predicted octanol–water partition coefficient (Wildman–Crippen LogP) is 0.220. The summed E-state index contributed by atoms with van der Waals surface area (Å²) in [7, 11) is -3.02. The van der Waals surface area contributed by atoms with E-state index in [2.05, 4.69) is 16.2 Å². The molecule has 2 heterocycles. The van der Waals surface area contributed by atoms with E-state index in [-0.39, 0.29) is 35.2 Å². The van der Waals surface area contributed by atoms with Crippen LogP contribution in [-0.2, 0) is 14.6 Å². The summed E-state index contributed by atoms with van der Waals surface area (Å²) in [5.41, 5.74) is 8.58. The lowest BCUT2D eigenvalue weighted by Crippen LogP contribution is -2.47. The first kappa shape index (κ1) is 17.2. The van der Waals surface area contributed by atoms with Crippen LogP contribution in [0.5, 0.6) is 5.75 Å². The van der Waals surface area contributed by atoms with Crippen LogP contribution in [0.4, 0.5) is 0 Å². The first-order valence-corrected chi connectivity index (χ1v) is 9.90. The monoisotopic (exact) mass is 353 g/mol. The van der Waals surface area contributed by atoms with Gasteiger partial charge in [0, 0.05) is 11.6 Å². The van der Waals surface area contributed by atoms with Crippen LogP contribution in [0.25, 0.3) is 0 Å². The molecule has 0 aliphatic carbocycles. The molecule has 2 saturated heterocycles. The van der Waals surface area contributed by atoms with Gasteiger partial charge in [-0.15, -0.1) is 0 Å². The minimum absolute atomic E-state index is 0.0141. The maximum atomic E-state index is 12.3. The number of phenols is 1. The normalized spacial score (nSPS) is 28.8. The summed E-state index contributed by atoms with van der Waals surface area (Å²) in [6.07, 6.45) is 0.955. The van der Waals surface area contributed by atoms with Crippen molar-refractivity contribution in [2.45, 2.75) is 44.8 Å². The number of amides is 1. The van der Waals surface area contributed by atoms with Crippen molar-refractivity contribution in [2.24, 2.45) is 0 Å². The van der Waals surface area contributed by atoms with Gasteiger partial charge in [-0.3, -0.25) is 4.79 Å². The number of hydrogen-bond acceptors (Lipinski definition) is 6. The molecule has 3 rings (SSSR count). The van der Waals surface area contributed by atoms with Gasteiger partial charge in [0.2, 0.25) is 5.91 Å². The highest BCUT2D eigenvalue weighted by atomic mass is 32.2. The van der Waals surface area contributed by atoms with Crippen LogP contribution in [0.2, 0.25) is 0 Å². The zero-order valence-electron chi connectivity index (χ0n) is 13.8. The Bertz CT molecular complexity index is 763. The Labute approximate surface area is 141 Å². The number of aromatic hydroxyl groups is 1. The summed E-state index contributed by atoms with van der Waals surface area (Å²) in [6, 6.07) is 2.87. The highest BCUT2D eigenvalue weighted by Crippen LogP contribution is 2.33. The van der Waals surface area contributed by atoms with Crippen LogP contribution in [0.1, 0.15) is 35.6 Å². The molecule has 2 aliphatic rings. The molecule has 0 aromatic heterocycles. The molecule has 24 heavy (non-hydrogen) atoms. The van der Waals surface area contributed by atoms with Gasteiger partial charge in [0.25, 0.3) is 0 Å². The van der Waals surface area contributed by atoms with E-state index in [4.69, 9.17) is 0 Å². The molecule has 1 amide bonds. The fourth-order valence-corrected chi connectivity index (χ4v) is 4.92. The second kappa shape index (κ2) is 6.34. The topological polar surface area (TPSA) is 108 Å². The van der Waals surface area contributed by atoms with E-state index < -0.39 is 15.9 Å². The number of rotatable bonds is 3. The summed E-state index contributed by atoms with van der Waals surface area (Å²) >= 11 is 0. The molecule has 0 saturated carbocycles. The Kier molecular flexibility index (Phi) is 4.54. The van der Waals surface area contributed by atoms with Gasteiger partial charge in [-0.05, 0) is 37.8 Å². The molecule has 2 fully saturated rings. The highest BCUT2D eigenvalue weighted by molar-refractivity contribution is 7.91. The number of aryl methyl sites for hydroxylation is 1. The van der Waals surface area contributed by atoms with E-state index in [0.717, 1.165) is 16.7 Å². The number of hydrazine groups is 1. The SMILES string of the molecule is Cc1ccc(C2CC(C(=O)NC3CCS(=O)(=O)C3)NN2)c(O)c1C. The molecule has 8 heteroatoms. The molecular weight excluding hydrogens is 330 g/mol.